The first kappa shape index (κ1) is 17.4. The van der Waals surface area contributed by atoms with E-state index in [-0.39, 0.29) is 23.4 Å². The summed E-state index contributed by atoms with van der Waals surface area (Å²) >= 11 is 0. The van der Waals surface area contributed by atoms with Crippen LogP contribution in [0.15, 0.2) is 35.7 Å². The number of rotatable bonds is 4. The quantitative estimate of drug-likeness (QED) is 0.818. The van der Waals surface area contributed by atoms with Gasteiger partial charge in [0.15, 0.2) is 15.7 Å². The molecule has 1 aromatic carbocycles. The fourth-order valence-electron chi connectivity index (χ4n) is 3.44. The molecule has 1 fully saturated rings. The third-order valence-electron chi connectivity index (χ3n) is 4.78. The monoisotopic (exact) mass is 377 g/mol. The number of aromatic nitrogens is 3. The maximum atomic E-state index is 13.7. The van der Waals surface area contributed by atoms with E-state index >= 15 is 0 Å². The van der Waals surface area contributed by atoms with Gasteiger partial charge in [-0.2, -0.15) is 5.10 Å². The lowest BCUT2D eigenvalue weighted by molar-refractivity contribution is 0.0836. The van der Waals surface area contributed by atoms with Crippen molar-refractivity contribution in [1.82, 2.24) is 14.8 Å². The lowest BCUT2D eigenvalue weighted by Gasteiger charge is -2.18. The Morgan fingerprint density at radius 3 is 2.77 bits per heavy atom. The second-order valence-electron chi connectivity index (χ2n) is 6.79. The fraction of sp³-hybridized carbons (Fsp3) is 0.444. The van der Waals surface area contributed by atoms with E-state index in [0.717, 1.165) is 18.7 Å². The molecule has 3 heterocycles. The van der Waals surface area contributed by atoms with Crippen molar-refractivity contribution in [1.29, 1.82) is 0 Å². The van der Waals surface area contributed by atoms with E-state index in [2.05, 4.69) is 5.10 Å². The largest absolute Gasteiger partial charge is 0.381 e. The smallest absolute Gasteiger partial charge is 0.171 e. The second-order valence-corrected chi connectivity index (χ2v) is 8.72. The number of sulfone groups is 1. The van der Waals surface area contributed by atoms with Crippen LogP contribution in [0.25, 0.3) is 5.69 Å². The van der Waals surface area contributed by atoms with Crippen molar-refractivity contribution in [3.8, 4) is 5.69 Å². The van der Waals surface area contributed by atoms with E-state index in [1.807, 2.05) is 0 Å². The highest BCUT2D eigenvalue weighted by molar-refractivity contribution is 7.94. The van der Waals surface area contributed by atoms with Gasteiger partial charge >= 0.3 is 0 Å². The van der Waals surface area contributed by atoms with Crippen molar-refractivity contribution < 1.29 is 17.5 Å². The van der Waals surface area contributed by atoms with Crippen molar-refractivity contribution in [2.75, 3.05) is 19.0 Å². The molecule has 0 amide bonds. The van der Waals surface area contributed by atoms with E-state index < -0.39 is 9.84 Å². The molecule has 2 aliphatic rings. The van der Waals surface area contributed by atoms with Crippen LogP contribution in [0, 0.1) is 11.7 Å². The minimum atomic E-state index is -3.13. The summed E-state index contributed by atoms with van der Waals surface area (Å²) in [6.45, 7) is 1.36. The Labute approximate surface area is 151 Å². The molecule has 8 heteroatoms. The normalized spacial score (nSPS) is 22.7. The van der Waals surface area contributed by atoms with Gasteiger partial charge in [0.1, 0.15) is 11.6 Å². The standard InChI is InChI=1S/C18H20FN3O3S/c19-15-2-1-3-16(11-15)22-17(10-13-6-9-26(23,24)12-13)20-18(21-22)14-4-7-25-8-5-14/h1-3,6,9,11,13-14H,4-5,7-8,10,12H2/t13-/m1/s1. The van der Waals surface area contributed by atoms with E-state index in [1.54, 1.807) is 22.9 Å². The number of ether oxygens (including phenoxy) is 1. The third-order valence-corrected chi connectivity index (χ3v) is 6.24. The highest BCUT2D eigenvalue weighted by Gasteiger charge is 2.27. The zero-order chi connectivity index (χ0) is 18.1. The van der Waals surface area contributed by atoms with Crippen molar-refractivity contribution in [3.63, 3.8) is 0 Å². The Kier molecular flexibility index (Phi) is 4.62. The lowest BCUT2D eigenvalue weighted by atomic mass is 10.00. The number of hydrogen-bond donors (Lipinski definition) is 0. The average Bonchev–Trinajstić information content (AvgIpc) is 3.19. The van der Waals surface area contributed by atoms with Gasteiger partial charge in [0.2, 0.25) is 0 Å². The molecule has 0 unspecified atom stereocenters. The van der Waals surface area contributed by atoms with E-state index in [0.29, 0.717) is 31.1 Å². The molecule has 1 saturated heterocycles. The van der Waals surface area contributed by atoms with Gasteiger partial charge in [0.05, 0.1) is 11.4 Å². The van der Waals surface area contributed by atoms with E-state index in [4.69, 9.17) is 9.72 Å². The van der Waals surface area contributed by atoms with Crippen LogP contribution in [0.2, 0.25) is 0 Å². The van der Waals surface area contributed by atoms with Gasteiger partial charge < -0.3 is 4.74 Å². The van der Waals surface area contributed by atoms with Crippen molar-refractivity contribution in [3.05, 3.63) is 53.2 Å². The van der Waals surface area contributed by atoms with Crippen molar-refractivity contribution in [2.24, 2.45) is 5.92 Å². The van der Waals surface area contributed by atoms with Gasteiger partial charge in [0.25, 0.3) is 0 Å². The summed E-state index contributed by atoms with van der Waals surface area (Å²) in [7, 11) is -3.13. The van der Waals surface area contributed by atoms with Crippen molar-refractivity contribution in [2.45, 2.75) is 25.2 Å². The molecule has 1 aromatic heterocycles. The molecule has 4 rings (SSSR count). The molecule has 138 valence electrons. The van der Waals surface area contributed by atoms with Gasteiger partial charge in [-0.05, 0) is 37.0 Å². The maximum absolute atomic E-state index is 13.7. The number of allylic oxidation sites excluding steroid dienone is 1. The molecular weight excluding hydrogens is 357 g/mol. The van der Waals surface area contributed by atoms with Gasteiger partial charge in [0, 0.05) is 31.0 Å². The van der Waals surface area contributed by atoms with Crippen LogP contribution in [0.4, 0.5) is 4.39 Å². The predicted octanol–water partition coefficient (Wildman–Crippen LogP) is 2.40. The fourth-order valence-corrected chi connectivity index (χ4v) is 4.84. The van der Waals surface area contributed by atoms with Gasteiger partial charge in [-0.25, -0.2) is 22.5 Å². The van der Waals surface area contributed by atoms with Gasteiger partial charge in [-0.3, -0.25) is 0 Å². The summed E-state index contributed by atoms with van der Waals surface area (Å²) in [5.41, 5.74) is 0.593. The predicted molar refractivity (Wildman–Crippen MR) is 94.2 cm³/mol. The molecule has 1 atom stereocenters. The Morgan fingerprint density at radius 1 is 1.27 bits per heavy atom. The van der Waals surface area contributed by atoms with Crippen LogP contribution in [0.5, 0.6) is 0 Å². The number of nitrogens with zero attached hydrogens (tertiary/aromatic N) is 3. The molecular formula is C18H20FN3O3S. The molecule has 26 heavy (non-hydrogen) atoms. The molecule has 0 N–H and O–H groups in total. The highest BCUT2D eigenvalue weighted by Crippen LogP contribution is 2.27. The Bertz CT molecular complexity index is 933. The van der Waals surface area contributed by atoms with Crippen LogP contribution in [-0.4, -0.2) is 42.1 Å². The zero-order valence-electron chi connectivity index (χ0n) is 14.2. The molecule has 2 aliphatic heterocycles. The first-order valence-corrected chi connectivity index (χ1v) is 10.4. The number of benzene rings is 1. The minimum Gasteiger partial charge on any atom is -0.381 e. The third kappa shape index (κ3) is 3.71. The molecule has 6 nitrogen and oxygen atoms in total. The molecule has 0 spiro atoms. The number of halogens is 1. The summed E-state index contributed by atoms with van der Waals surface area (Å²) in [5, 5.41) is 5.90. The topological polar surface area (TPSA) is 74.1 Å². The Hall–Kier alpha value is -2.06. The van der Waals surface area contributed by atoms with Crippen LogP contribution in [0.1, 0.15) is 30.4 Å². The first-order chi connectivity index (χ1) is 12.5. The Morgan fingerprint density at radius 2 is 2.08 bits per heavy atom. The second kappa shape index (κ2) is 6.92. The van der Waals surface area contributed by atoms with E-state index in [1.165, 1.54) is 17.5 Å². The van der Waals surface area contributed by atoms with Gasteiger partial charge in [-0.1, -0.05) is 12.1 Å². The average molecular weight is 377 g/mol. The summed E-state index contributed by atoms with van der Waals surface area (Å²) < 4.78 is 44.1. The molecule has 0 bridgehead atoms. The minimum absolute atomic E-state index is 0.0790. The molecule has 0 radical (unpaired) electrons. The van der Waals surface area contributed by atoms with Crippen LogP contribution in [0.3, 0.4) is 0 Å². The zero-order valence-corrected chi connectivity index (χ0v) is 15.0. The Balaban J connectivity index is 1.68. The highest BCUT2D eigenvalue weighted by atomic mass is 32.2. The van der Waals surface area contributed by atoms with E-state index in [9.17, 15) is 12.8 Å². The molecule has 0 aliphatic carbocycles. The maximum Gasteiger partial charge on any atom is 0.171 e. The van der Waals surface area contributed by atoms with Crippen molar-refractivity contribution >= 4 is 9.84 Å². The van der Waals surface area contributed by atoms with Crippen LogP contribution in [-0.2, 0) is 21.0 Å². The summed E-state index contributed by atoms with van der Waals surface area (Å²) in [6, 6.07) is 6.19. The lowest BCUT2D eigenvalue weighted by Crippen LogP contribution is -2.15. The van der Waals surface area contributed by atoms with Crippen LogP contribution < -0.4 is 0 Å². The summed E-state index contributed by atoms with van der Waals surface area (Å²) in [5.74, 6) is 1.18. The first-order valence-electron chi connectivity index (χ1n) is 8.71. The SMILES string of the molecule is O=S1(=O)C=C[C@H](Cc2nc(C3CCOCC3)nn2-c2cccc(F)c2)C1. The molecule has 0 saturated carbocycles. The van der Waals surface area contributed by atoms with Gasteiger partial charge in [-0.15, -0.1) is 0 Å². The van der Waals surface area contributed by atoms with Crippen LogP contribution >= 0.6 is 0 Å². The molecule has 2 aromatic rings. The number of hydrogen-bond acceptors (Lipinski definition) is 5. The summed E-state index contributed by atoms with van der Waals surface area (Å²) in [4.78, 5) is 4.70. The summed E-state index contributed by atoms with van der Waals surface area (Å²) in [6.07, 6.45) is 3.85.